The van der Waals surface area contributed by atoms with Crippen molar-refractivity contribution >= 4 is 35.1 Å². The van der Waals surface area contributed by atoms with Crippen LogP contribution in [0.5, 0.6) is 23.5 Å². The van der Waals surface area contributed by atoms with E-state index in [1.807, 2.05) is 24.3 Å². The van der Waals surface area contributed by atoms with Crippen LogP contribution in [0.25, 0.3) is 11.1 Å². The molecule has 2 saturated carbocycles. The zero-order chi connectivity index (χ0) is 41.3. The maximum Gasteiger partial charge on any atom is 0.303 e. The van der Waals surface area contributed by atoms with E-state index in [9.17, 15) is 19.8 Å². The normalized spacial score (nSPS) is 18.9. The SMILES string of the molecule is COc1nc(OCc2cccc(-c3cccc(COc4nc(OC)c(CN[C@@H]5CCC[C@@H]5CC(=O)O)cc4Cl)c3C)c2C)c(Cl)cc1CN[C@@H]1CCC[C@@H]1CC(=O)O. The second-order valence-corrected chi connectivity index (χ2v) is 16.0. The number of benzene rings is 2. The second kappa shape index (κ2) is 19.9. The van der Waals surface area contributed by atoms with E-state index >= 15 is 0 Å². The minimum Gasteiger partial charge on any atom is -0.481 e. The van der Waals surface area contributed by atoms with Gasteiger partial charge in [-0.2, -0.15) is 9.97 Å². The van der Waals surface area contributed by atoms with E-state index < -0.39 is 11.9 Å². The van der Waals surface area contributed by atoms with E-state index in [0.29, 0.717) is 34.9 Å². The Morgan fingerprint density at radius 1 is 0.655 bits per heavy atom. The first-order chi connectivity index (χ1) is 27.9. The summed E-state index contributed by atoms with van der Waals surface area (Å²) in [5, 5.41) is 26.3. The lowest BCUT2D eigenvalue weighted by atomic mass is 9.92. The van der Waals surface area contributed by atoms with Gasteiger partial charge in [0.2, 0.25) is 23.5 Å². The summed E-state index contributed by atoms with van der Waals surface area (Å²) in [6.45, 7) is 5.48. The van der Waals surface area contributed by atoms with Crippen molar-refractivity contribution in [2.45, 2.75) is 104 Å². The molecule has 0 saturated heterocycles. The molecule has 2 aliphatic carbocycles. The Bertz CT molecular complexity index is 1950. The molecule has 58 heavy (non-hydrogen) atoms. The summed E-state index contributed by atoms with van der Waals surface area (Å²) >= 11 is 13.4. The first kappa shape index (κ1) is 43.0. The molecule has 2 heterocycles. The number of aliphatic carboxylic acids is 2. The summed E-state index contributed by atoms with van der Waals surface area (Å²) in [4.78, 5) is 31.8. The van der Waals surface area contributed by atoms with Gasteiger partial charge >= 0.3 is 11.9 Å². The summed E-state index contributed by atoms with van der Waals surface area (Å²) in [7, 11) is 3.11. The molecule has 4 atom stereocenters. The van der Waals surface area contributed by atoms with E-state index in [1.165, 1.54) is 0 Å². The van der Waals surface area contributed by atoms with Crippen molar-refractivity contribution in [2.24, 2.45) is 11.8 Å². The summed E-state index contributed by atoms with van der Waals surface area (Å²) in [6.07, 6.45) is 5.94. The number of ether oxygens (including phenoxy) is 4. The summed E-state index contributed by atoms with van der Waals surface area (Å²) < 4.78 is 23.6. The summed E-state index contributed by atoms with van der Waals surface area (Å²) in [5.41, 5.74) is 7.67. The molecular weight excluding hydrogens is 783 g/mol. The molecule has 0 spiro atoms. The number of nitrogens with one attached hydrogen (secondary N) is 2. The van der Waals surface area contributed by atoms with E-state index in [4.69, 9.17) is 42.1 Å². The van der Waals surface area contributed by atoms with Gasteiger partial charge in [0, 0.05) is 49.1 Å². The fourth-order valence-electron chi connectivity index (χ4n) is 8.38. The van der Waals surface area contributed by atoms with Gasteiger partial charge in [-0.05, 0) is 96.9 Å². The fraction of sp³-hybridized carbons (Fsp3) is 0.455. The van der Waals surface area contributed by atoms with E-state index in [2.05, 4.69) is 46.6 Å². The maximum absolute atomic E-state index is 11.3. The number of hydrogen-bond acceptors (Lipinski definition) is 10. The zero-order valence-corrected chi connectivity index (χ0v) is 34.9. The summed E-state index contributed by atoms with van der Waals surface area (Å²) in [6, 6.07) is 16.0. The van der Waals surface area contributed by atoms with Crippen molar-refractivity contribution in [2.75, 3.05) is 14.2 Å². The van der Waals surface area contributed by atoms with Crippen LogP contribution in [0.3, 0.4) is 0 Å². The van der Waals surface area contributed by atoms with Crippen LogP contribution in [0.4, 0.5) is 0 Å². The van der Waals surface area contributed by atoms with E-state index in [0.717, 1.165) is 83.0 Å². The van der Waals surface area contributed by atoms with Gasteiger partial charge in [0.25, 0.3) is 0 Å². The van der Waals surface area contributed by atoms with Gasteiger partial charge in [0.1, 0.15) is 23.3 Å². The van der Waals surface area contributed by atoms with Crippen molar-refractivity contribution in [3.05, 3.63) is 92.0 Å². The lowest BCUT2D eigenvalue weighted by molar-refractivity contribution is -0.139. The van der Waals surface area contributed by atoms with Crippen molar-refractivity contribution in [3.8, 4) is 34.6 Å². The Balaban J connectivity index is 1.10. The minimum atomic E-state index is -0.777. The zero-order valence-electron chi connectivity index (χ0n) is 33.4. The third kappa shape index (κ3) is 10.5. The molecule has 2 aromatic carbocycles. The number of pyridine rings is 2. The lowest BCUT2D eigenvalue weighted by Gasteiger charge is -2.21. The largest absolute Gasteiger partial charge is 0.481 e. The van der Waals surface area contributed by atoms with Crippen LogP contribution in [-0.2, 0) is 35.9 Å². The lowest BCUT2D eigenvalue weighted by Crippen LogP contribution is -2.33. The maximum atomic E-state index is 11.3. The van der Waals surface area contributed by atoms with Gasteiger partial charge in [-0.3, -0.25) is 9.59 Å². The molecule has 0 unspecified atom stereocenters. The quantitative estimate of drug-likeness (QED) is 0.0713. The number of methoxy groups -OCH3 is 2. The highest BCUT2D eigenvalue weighted by molar-refractivity contribution is 6.32. The van der Waals surface area contributed by atoms with Crippen LogP contribution < -0.4 is 29.6 Å². The molecule has 2 aromatic heterocycles. The van der Waals surface area contributed by atoms with Gasteiger partial charge in [-0.1, -0.05) is 72.4 Å². The third-order valence-corrected chi connectivity index (χ3v) is 12.1. The Hall–Kier alpha value is -4.62. The fourth-order valence-corrected chi connectivity index (χ4v) is 8.84. The predicted molar refractivity (Wildman–Crippen MR) is 222 cm³/mol. The van der Waals surface area contributed by atoms with Crippen molar-refractivity contribution in [3.63, 3.8) is 0 Å². The number of carboxylic acid groups (broad SMARTS) is 2. The molecule has 0 amide bonds. The van der Waals surface area contributed by atoms with Crippen molar-refractivity contribution < 1.29 is 38.7 Å². The number of aromatic nitrogens is 2. The molecular formula is C44H52Cl2N4O8. The van der Waals surface area contributed by atoms with Gasteiger partial charge in [0.05, 0.1) is 14.2 Å². The first-order valence-electron chi connectivity index (χ1n) is 19.8. The van der Waals surface area contributed by atoms with Crippen molar-refractivity contribution in [1.82, 2.24) is 20.6 Å². The second-order valence-electron chi connectivity index (χ2n) is 15.2. The standard InChI is InChI=1S/C44H52Cl2N4O8/c1-25-29(23-57-43-35(45)17-31(41(49-43)55-3)21-47-37-15-7-9-27(37)19-39(51)52)11-5-13-33(25)34-14-6-12-30(26(34)2)24-58-44-36(46)18-32(42(50-44)56-4)22-48-38-16-8-10-28(38)20-40(53)54/h5-6,11-14,17-18,27-28,37-38,47-48H,7-10,15-16,19-24H2,1-4H3,(H,51,52)(H,53,54)/t27-,28-,37-,38-/m1/s1. The number of hydrogen-bond donors (Lipinski definition) is 4. The average molecular weight is 836 g/mol. The van der Waals surface area contributed by atoms with Crippen LogP contribution in [-0.4, -0.2) is 58.4 Å². The molecule has 0 aliphatic heterocycles. The first-order valence-corrected chi connectivity index (χ1v) is 20.5. The Kier molecular flexibility index (Phi) is 14.7. The van der Waals surface area contributed by atoms with Crippen LogP contribution in [0.15, 0.2) is 48.5 Å². The Morgan fingerprint density at radius 3 is 1.45 bits per heavy atom. The van der Waals surface area contributed by atoms with Gasteiger partial charge < -0.3 is 39.8 Å². The monoisotopic (exact) mass is 834 g/mol. The van der Waals surface area contributed by atoms with Crippen LogP contribution >= 0.6 is 23.2 Å². The molecule has 12 nitrogen and oxygen atoms in total. The number of nitrogens with zero attached hydrogens (tertiary/aromatic N) is 2. The van der Waals surface area contributed by atoms with Gasteiger partial charge in [-0.15, -0.1) is 0 Å². The highest BCUT2D eigenvalue weighted by Crippen LogP contribution is 2.36. The average Bonchev–Trinajstić information content (AvgIpc) is 3.84. The van der Waals surface area contributed by atoms with E-state index in [-0.39, 0.29) is 61.7 Å². The number of carboxylic acids is 2. The van der Waals surface area contributed by atoms with Crippen LogP contribution in [0, 0.1) is 25.7 Å². The molecule has 4 aromatic rings. The van der Waals surface area contributed by atoms with Gasteiger partial charge in [0.15, 0.2) is 0 Å². The van der Waals surface area contributed by atoms with Gasteiger partial charge in [-0.25, -0.2) is 0 Å². The molecule has 0 radical (unpaired) electrons. The van der Waals surface area contributed by atoms with E-state index in [1.54, 1.807) is 26.4 Å². The molecule has 6 rings (SSSR count). The molecule has 4 N–H and O–H groups in total. The molecule has 2 fully saturated rings. The highest BCUT2D eigenvalue weighted by atomic mass is 35.5. The molecule has 310 valence electrons. The topological polar surface area (TPSA) is 161 Å². The van der Waals surface area contributed by atoms with Crippen molar-refractivity contribution in [1.29, 1.82) is 0 Å². The third-order valence-electron chi connectivity index (χ3n) is 11.6. The molecule has 0 bridgehead atoms. The Labute approximate surface area is 349 Å². The highest BCUT2D eigenvalue weighted by Gasteiger charge is 2.30. The minimum absolute atomic E-state index is 0.0944. The number of carbonyl (C=O) groups is 2. The Morgan fingerprint density at radius 2 is 1.07 bits per heavy atom. The number of halogens is 2. The smallest absolute Gasteiger partial charge is 0.303 e. The summed E-state index contributed by atoms with van der Waals surface area (Å²) in [5.74, 6) is -0.0443. The predicted octanol–water partition coefficient (Wildman–Crippen LogP) is 8.71. The molecule has 2 aliphatic rings. The van der Waals surface area contributed by atoms with Crippen LogP contribution in [0.1, 0.15) is 84.7 Å². The van der Waals surface area contributed by atoms with Crippen LogP contribution in [0.2, 0.25) is 10.0 Å². The molecule has 14 heteroatoms. The number of rotatable bonds is 19.